The lowest BCUT2D eigenvalue weighted by Crippen LogP contribution is -2.16. The van der Waals surface area contributed by atoms with Crippen LogP contribution in [0.15, 0.2) is 66.5 Å². The summed E-state index contributed by atoms with van der Waals surface area (Å²) < 4.78 is 11.1. The molecule has 0 bridgehead atoms. The summed E-state index contributed by atoms with van der Waals surface area (Å²) in [5, 5.41) is 0. The van der Waals surface area contributed by atoms with Crippen molar-refractivity contribution in [1.82, 2.24) is 0 Å². The summed E-state index contributed by atoms with van der Waals surface area (Å²) >= 11 is 0. The summed E-state index contributed by atoms with van der Waals surface area (Å²) in [6, 6.07) is 10.1. The van der Waals surface area contributed by atoms with E-state index in [1.807, 2.05) is 48.6 Å². The topological polar surface area (TPSA) is 18.5 Å². The van der Waals surface area contributed by atoms with Crippen molar-refractivity contribution in [2.45, 2.75) is 12.7 Å². The number of hydrogen-bond donors (Lipinski definition) is 0. The Hall–Kier alpha value is -1.80. The molecule has 1 aromatic rings. The molecule has 1 unspecified atom stereocenters. The Morgan fingerprint density at radius 3 is 2.71 bits per heavy atom. The van der Waals surface area contributed by atoms with E-state index in [0.29, 0.717) is 6.61 Å². The molecule has 0 spiro atoms. The molecule has 1 aromatic carbocycles. The lowest BCUT2D eigenvalue weighted by atomic mass is 10.1. The van der Waals surface area contributed by atoms with E-state index < -0.39 is 0 Å². The first-order valence-corrected chi connectivity index (χ1v) is 5.58. The van der Waals surface area contributed by atoms with E-state index in [1.165, 1.54) is 0 Å². The molecule has 1 aliphatic carbocycles. The maximum absolute atomic E-state index is 5.77. The Morgan fingerprint density at radius 1 is 1.24 bits per heavy atom. The molecule has 0 saturated heterocycles. The highest BCUT2D eigenvalue weighted by Gasteiger charge is 2.15. The molecule has 2 nitrogen and oxygen atoms in total. The van der Waals surface area contributed by atoms with Gasteiger partial charge in [-0.15, -0.1) is 0 Å². The Bertz CT molecular complexity index is 443. The van der Waals surface area contributed by atoms with Gasteiger partial charge < -0.3 is 9.47 Å². The molecule has 0 radical (unpaired) electrons. The van der Waals surface area contributed by atoms with Crippen LogP contribution >= 0.6 is 0 Å². The molecule has 1 aliphatic rings. The summed E-state index contributed by atoms with van der Waals surface area (Å²) in [5.74, 6) is 0.809. The van der Waals surface area contributed by atoms with E-state index in [0.717, 1.165) is 16.9 Å². The fourth-order valence-corrected chi connectivity index (χ4v) is 1.68. The highest BCUT2D eigenvalue weighted by Crippen LogP contribution is 2.20. The molecular formula is C15H16O2. The van der Waals surface area contributed by atoms with Gasteiger partial charge in [-0.1, -0.05) is 43.0 Å². The van der Waals surface area contributed by atoms with Crippen LogP contribution in [0.3, 0.4) is 0 Å². The molecule has 88 valence electrons. The second-order valence-corrected chi connectivity index (χ2v) is 3.91. The quantitative estimate of drug-likeness (QED) is 0.787. The van der Waals surface area contributed by atoms with Gasteiger partial charge in [0.15, 0.2) is 0 Å². The number of benzene rings is 1. The zero-order chi connectivity index (χ0) is 12.1. The van der Waals surface area contributed by atoms with Crippen molar-refractivity contribution in [3.63, 3.8) is 0 Å². The first-order chi connectivity index (χ1) is 8.29. The van der Waals surface area contributed by atoms with Crippen molar-refractivity contribution >= 4 is 0 Å². The van der Waals surface area contributed by atoms with Crippen LogP contribution in [0, 0.1) is 0 Å². The Kier molecular flexibility index (Phi) is 3.78. The van der Waals surface area contributed by atoms with Gasteiger partial charge in [-0.25, -0.2) is 0 Å². The smallest absolute Gasteiger partial charge is 0.133 e. The SMILES string of the molecule is C=C1C=CC(OC)C(OCc2ccccc2)=C1. The molecule has 2 heteroatoms. The van der Waals surface area contributed by atoms with Crippen LogP contribution in [-0.4, -0.2) is 13.2 Å². The average Bonchev–Trinajstić information content (AvgIpc) is 2.38. The van der Waals surface area contributed by atoms with Crippen LogP contribution in [0.4, 0.5) is 0 Å². The van der Waals surface area contributed by atoms with E-state index in [-0.39, 0.29) is 6.10 Å². The Labute approximate surface area is 102 Å². The van der Waals surface area contributed by atoms with E-state index in [2.05, 4.69) is 6.58 Å². The summed E-state index contributed by atoms with van der Waals surface area (Å²) in [6.45, 7) is 4.44. The van der Waals surface area contributed by atoms with Crippen LogP contribution in [0.1, 0.15) is 5.56 Å². The fourth-order valence-electron chi connectivity index (χ4n) is 1.68. The monoisotopic (exact) mass is 228 g/mol. The third kappa shape index (κ3) is 3.08. The molecule has 0 heterocycles. The number of ether oxygens (including phenoxy) is 2. The van der Waals surface area contributed by atoms with Gasteiger partial charge in [0.05, 0.1) is 0 Å². The second kappa shape index (κ2) is 5.51. The standard InChI is InChI=1S/C15H16O2/c1-12-8-9-14(16-2)15(10-12)17-11-13-6-4-3-5-7-13/h3-10,14H,1,11H2,2H3. The van der Waals surface area contributed by atoms with Crippen LogP contribution < -0.4 is 0 Å². The van der Waals surface area contributed by atoms with Crippen LogP contribution in [0.2, 0.25) is 0 Å². The van der Waals surface area contributed by atoms with Crippen molar-refractivity contribution in [1.29, 1.82) is 0 Å². The average molecular weight is 228 g/mol. The molecule has 0 N–H and O–H groups in total. The lowest BCUT2D eigenvalue weighted by molar-refractivity contribution is 0.0831. The van der Waals surface area contributed by atoms with Gasteiger partial charge in [0.25, 0.3) is 0 Å². The summed E-state index contributed by atoms with van der Waals surface area (Å²) in [5.41, 5.74) is 2.07. The van der Waals surface area contributed by atoms with Crippen molar-refractivity contribution in [3.8, 4) is 0 Å². The third-order valence-corrected chi connectivity index (χ3v) is 2.60. The molecular weight excluding hydrogens is 212 g/mol. The van der Waals surface area contributed by atoms with Gasteiger partial charge in [0.1, 0.15) is 18.5 Å². The van der Waals surface area contributed by atoms with Crippen molar-refractivity contribution in [2.24, 2.45) is 0 Å². The maximum Gasteiger partial charge on any atom is 0.133 e. The van der Waals surface area contributed by atoms with Crippen LogP contribution in [-0.2, 0) is 16.1 Å². The Balaban J connectivity index is 2.00. The van der Waals surface area contributed by atoms with E-state index in [4.69, 9.17) is 9.47 Å². The molecule has 0 fully saturated rings. The molecule has 0 aromatic heterocycles. The normalized spacial score (nSPS) is 19.0. The van der Waals surface area contributed by atoms with Gasteiger partial charge in [0.2, 0.25) is 0 Å². The van der Waals surface area contributed by atoms with Gasteiger partial charge in [-0.3, -0.25) is 0 Å². The highest BCUT2D eigenvalue weighted by molar-refractivity contribution is 5.37. The van der Waals surface area contributed by atoms with E-state index in [1.54, 1.807) is 7.11 Å². The van der Waals surface area contributed by atoms with Gasteiger partial charge >= 0.3 is 0 Å². The predicted octanol–water partition coefficient (Wildman–Crippen LogP) is 3.23. The number of methoxy groups -OCH3 is 1. The predicted molar refractivity (Wildman–Crippen MR) is 68.4 cm³/mol. The summed E-state index contributed by atoms with van der Waals surface area (Å²) in [4.78, 5) is 0. The van der Waals surface area contributed by atoms with Crippen LogP contribution in [0.5, 0.6) is 0 Å². The third-order valence-electron chi connectivity index (χ3n) is 2.60. The number of allylic oxidation sites excluding steroid dienone is 3. The van der Waals surface area contributed by atoms with Crippen molar-refractivity contribution in [2.75, 3.05) is 7.11 Å². The van der Waals surface area contributed by atoms with Gasteiger partial charge in [-0.2, -0.15) is 0 Å². The zero-order valence-electron chi connectivity index (χ0n) is 9.93. The molecule has 1 atom stereocenters. The van der Waals surface area contributed by atoms with E-state index in [9.17, 15) is 0 Å². The lowest BCUT2D eigenvalue weighted by Gasteiger charge is -2.20. The zero-order valence-corrected chi connectivity index (χ0v) is 9.93. The molecule has 0 saturated carbocycles. The molecule has 0 amide bonds. The summed E-state index contributed by atoms with van der Waals surface area (Å²) in [6.07, 6.45) is 5.69. The number of hydrogen-bond acceptors (Lipinski definition) is 2. The van der Waals surface area contributed by atoms with E-state index >= 15 is 0 Å². The van der Waals surface area contributed by atoms with Crippen LogP contribution in [0.25, 0.3) is 0 Å². The summed E-state index contributed by atoms with van der Waals surface area (Å²) in [7, 11) is 1.67. The maximum atomic E-state index is 5.77. The molecule has 0 aliphatic heterocycles. The first-order valence-electron chi connectivity index (χ1n) is 5.58. The molecule has 2 rings (SSSR count). The minimum absolute atomic E-state index is 0.107. The van der Waals surface area contributed by atoms with Gasteiger partial charge in [0, 0.05) is 7.11 Å². The minimum atomic E-state index is -0.107. The number of rotatable bonds is 4. The first kappa shape index (κ1) is 11.7. The second-order valence-electron chi connectivity index (χ2n) is 3.91. The van der Waals surface area contributed by atoms with Crippen molar-refractivity contribution < 1.29 is 9.47 Å². The highest BCUT2D eigenvalue weighted by atomic mass is 16.5. The van der Waals surface area contributed by atoms with Crippen molar-refractivity contribution in [3.05, 3.63) is 72.0 Å². The van der Waals surface area contributed by atoms with Gasteiger partial charge in [-0.05, 0) is 23.3 Å². The largest absolute Gasteiger partial charge is 0.490 e. The Morgan fingerprint density at radius 2 is 2.00 bits per heavy atom. The minimum Gasteiger partial charge on any atom is -0.490 e. The fraction of sp³-hybridized carbons (Fsp3) is 0.200. The molecule has 17 heavy (non-hydrogen) atoms.